The minimum absolute atomic E-state index is 0.0690. The molecule has 0 aliphatic carbocycles. The molecular formula is C13H13F3N2. The van der Waals surface area contributed by atoms with E-state index in [1.54, 1.807) is 0 Å². The second-order valence-corrected chi connectivity index (χ2v) is 4.74. The van der Waals surface area contributed by atoms with Crippen LogP contribution in [0.3, 0.4) is 0 Å². The molecule has 5 heteroatoms. The van der Waals surface area contributed by atoms with Gasteiger partial charge in [-0.15, -0.1) is 0 Å². The molecule has 2 aromatic rings. The quantitative estimate of drug-likeness (QED) is 0.767. The molecule has 1 aliphatic heterocycles. The van der Waals surface area contributed by atoms with Crippen molar-refractivity contribution in [3.8, 4) is 0 Å². The van der Waals surface area contributed by atoms with E-state index in [2.05, 4.69) is 0 Å². The van der Waals surface area contributed by atoms with E-state index >= 15 is 0 Å². The fourth-order valence-corrected chi connectivity index (χ4v) is 2.63. The van der Waals surface area contributed by atoms with Crippen LogP contribution in [0.2, 0.25) is 0 Å². The molecule has 2 nitrogen and oxygen atoms in total. The van der Waals surface area contributed by atoms with Gasteiger partial charge in [0, 0.05) is 23.8 Å². The molecule has 2 heterocycles. The highest BCUT2D eigenvalue weighted by molar-refractivity contribution is 5.82. The number of benzene rings is 1. The molecule has 1 aliphatic rings. The predicted molar refractivity (Wildman–Crippen MR) is 63.1 cm³/mol. The van der Waals surface area contributed by atoms with E-state index in [0.29, 0.717) is 5.52 Å². The maximum absolute atomic E-state index is 12.7. The number of fused-ring (bicyclic) bond motifs is 3. The Morgan fingerprint density at radius 1 is 1.22 bits per heavy atom. The molecule has 1 aromatic heterocycles. The first-order chi connectivity index (χ1) is 8.47. The minimum Gasteiger partial charge on any atom is -0.343 e. The molecule has 0 saturated carbocycles. The van der Waals surface area contributed by atoms with Gasteiger partial charge >= 0.3 is 6.18 Å². The van der Waals surface area contributed by atoms with Crippen LogP contribution in [0.25, 0.3) is 10.9 Å². The standard InChI is InChI=1S/C13H13F3N2/c14-13(15,16)9-4-3-8-6-12-10(17)2-1-5-18(12)11(8)7-9/h3-4,6-7,10H,1-2,5,17H2. The van der Waals surface area contributed by atoms with Crippen molar-refractivity contribution in [2.45, 2.75) is 31.6 Å². The van der Waals surface area contributed by atoms with Crippen molar-refractivity contribution in [1.82, 2.24) is 4.57 Å². The maximum Gasteiger partial charge on any atom is 0.416 e. The first kappa shape index (κ1) is 11.6. The zero-order valence-corrected chi connectivity index (χ0v) is 9.67. The number of aromatic nitrogens is 1. The summed E-state index contributed by atoms with van der Waals surface area (Å²) in [6.07, 6.45) is -2.49. The van der Waals surface area contributed by atoms with Crippen molar-refractivity contribution in [2.75, 3.05) is 0 Å². The van der Waals surface area contributed by atoms with E-state index in [-0.39, 0.29) is 6.04 Å². The fraction of sp³-hybridized carbons (Fsp3) is 0.385. The molecule has 0 saturated heterocycles. The molecule has 1 aromatic carbocycles. The number of nitrogens with two attached hydrogens (primary N) is 1. The minimum atomic E-state index is -4.30. The van der Waals surface area contributed by atoms with Crippen LogP contribution in [0.4, 0.5) is 13.2 Å². The molecule has 0 spiro atoms. The summed E-state index contributed by atoms with van der Waals surface area (Å²) in [4.78, 5) is 0. The third-order valence-electron chi connectivity index (χ3n) is 3.54. The van der Waals surface area contributed by atoms with Crippen molar-refractivity contribution in [3.05, 3.63) is 35.5 Å². The van der Waals surface area contributed by atoms with E-state index in [0.717, 1.165) is 36.5 Å². The summed E-state index contributed by atoms with van der Waals surface area (Å²) in [5.74, 6) is 0. The molecule has 0 radical (unpaired) electrons. The molecule has 0 amide bonds. The van der Waals surface area contributed by atoms with Crippen LogP contribution in [0.5, 0.6) is 0 Å². The average molecular weight is 254 g/mol. The van der Waals surface area contributed by atoms with Crippen LogP contribution in [0.1, 0.15) is 30.1 Å². The van der Waals surface area contributed by atoms with Crippen LogP contribution in [-0.2, 0) is 12.7 Å². The Morgan fingerprint density at radius 3 is 2.72 bits per heavy atom. The van der Waals surface area contributed by atoms with Gasteiger partial charge in [-0.05, 0) is 36.4 Å². The number of rotatable bonds is 0. The van der Waals surface area contributed by atoms with Gasteiger partial charge in [0.05, 0.1) is 5.56 Å². The molecule has 0 fully saturated rings. The summed E-state index contributed by atoms with van der Waals surface area (Å²) < 4.78 is 40.0. The second kappa shape index (κ2) is 3.75. The Kier molecular flexibility index (Phi) is 2.41. The van der Waals surface area contributed by atoms with Crippen LogP contribution >= 0.6 is 0 Å². The first-order valence-electron chi connectivity index (χ1n) is 5.93. The summed E-state index contributed by atoms with van der Waals surface area (Å²) in [6.45, 7) is 0.744. The van der Waals surface area contributed by atoms with Crippen molar-refractivity contribution in [3.63, 3.8) is 0 Å². The highest BCUT2D eigenvalue weighted by atomic mass is 19.4. The molecule has 2 N–H and O–H groups in total. The monoisotopic (exact) mass is 254 g/mol. The van der Waals surface area contributed by atoms with Gasteiger partial charge in [-0.25, -0.2) is 0 Å². The molecule has 3 rings (SSSR count). The zero-order chi connectivity index (χ0) is 12.9. The van der Waals surface area contributed by atoms with Gasteiger partial charge in [0.15, 0.2) is 0 Å². The Labute approximate surface area is 102 Å². The number of alkyl halides is 3. The highest BCUT2D eigenvalue weighted by Crippen LogP contribution is 2.35. The lowest BCUT2D eigenvalue weighted by Crippen LogP contribution is -2.21. The molecule has 1 unspecified atom stereocenters. The van der Waals surface area contributed by atoms with Crippen molar-refractivity contribution < 1.29 is 13.2 Å². The topological polar surface area (TPSA) is 30.9 Å². The van der Waals surface area contributed by atoms with Crippen molar-refractivity contribution in [1.29, 1.82) is 0 Å². The summed E-state index contributed by atoms with van der Waals surface area (Å²) >= 11 is 0. The van der Waals surface area contributed by atoms with Gasteiger partial charge in [0.2, 0.25) is 0 Å². The molecule has 0 bridgehead atoms. The van der Waals surface area contributed by atoms with E-state index in [4.69, 9.17) is 5.73 Å². The van der Waals surface area contributed by atoms with E-state index in [9.17, 15) is 13.2 Å². The lowest BCUT2D eigenvalue weighted by atomic mass is 10.1. The molecule has 1 atom stereocenters. The number of aryl methyl sites for hydroxylation is 1. The van der Waals surface area contributed by atoms with Crippen LogP contribution in [0.15, 0.2) is 24.3 Å². The first-order valence-corrected chi connectivity index (χ1v) is 5.93. The second-order valence-electron chi connectivity index (χ2n) is 4.74. The highest BCUT2D eigenvalue weighted by Gasteiger charge is 2.31. The third-order valence-corrected chi connectivity index (χ3v) is 3.54. The largest absolute Gasteiger partial charge is 0.416 e. The van der Waals surface area contributed by atoms with Gasteiger partial charge in [0.25, 0.3) is 0 Å². The van der Waals surface area contributed by atoms with Gasteiger partial charge in [-0.3, -0.25) is 0 Å². The summed E-state index contributed by atoms with van der Waals surface area (Å²) in [5, 5.41) is 0.829. The van der Waals surface area contributed by atoms with Crippen molar-refractivity contribution in [2.24, 2.45) is 5.73 Å². The van der Waals surface area contributed by atoms with Gasteiger partial charge in [0.1, 0.15) is 0 Å². The van der Waals surface area contributed by atoms with E-state index < -0.39 is 11.7 Å². The maximum atomic E-state index is 12.7. The Bertz CT molecular complexity index is 598. The smallest absolute Gasteiger partial charge is 0.343 e. The van der Waals surface area contributed by atoms with Gasteiger partial charge < -0.3 is 10.3 Å². The van der Waals surface area contributed by atoms with Gasteiger partial charge in [-0.2, -0.15) is 13.2 Å². The SMILES string of the molecule is NC1CCCn2c1cc1ccc(C(F)(F)F)cc12. The van der Waals surface area contributed by atoms with Crippen LogP contribution in [0, 0.1) is 0 Å². The van der Waals surface area contributed by atoms with Crippen LogP contribution < -0.4 is 5.73 Å². The van der Waals surface area contributed by atoms with Gasteiger partial charge in [-0.1, -0.05) is 6.07 Å². The van der Waals surface area contributed by atoms with E-state index in [1.165, 1.54) is 12.1 Å². The van der Waals surface area contributed by atoms with Crippen molar-refractivity contribution >= 4 is 10.9 Å². The number of nitrogens with zero attached hydrogens (tertiary/aromatic N) is 1. The third kappa shape index (κ3) is 1.70. The Hall–Kier alpha value is -1.49. The zero-order valence-electron chi connectivity index (χ0n) is 9.67. The van der Waals surface area contributed by atoms with Crippen LogP contribution in [-0.4, -0.2) is 4.57 Å². The lowest BCUT2D eigenvalue weighted by molar-refractivity contribution is -0.137. The lowest BCUT2D eigenvalue weighted by Gasteiger charge is -2.22. The normalized spacial score (nSPS) is 20.1. The van der Waals surface area contributed by atoms with E-state index in [1.807, 2.05) is 10.6 Å². The summed E-state index contributed by atoms with van der Waals surface area (Å²) in [5.41, 5.74) is 6.96. The fourth-order valence-electron chi connectivity index (χ4n) is 2.63. The number of halogens is 3. The Morgan fingerprint density at radius 2 is 2.00 bits per heavy atom. The summed E-state index contributed by atoms with van der Waals surface area (Å²) in [6, 6.07) is 5.70. The molecule has 18 heavy (non-hydrogen) atoms. The number of hydrogen-bond donors (Lipinski definition) is 1. The number of hydrogen-bond acceptors (Lipinski definition) is 1. The molecular weight excluding hydrogens is 241 g/mol. The Balaban J connectivity index is 2.22. The molecule has 96 valence electrons. The predicted octanol–water partition coefficient (Wildman–Crippen LogP) is 3.45. The average Bonchev–Trinajstić information content (AvgIpc) is 2.67. The summed E-state index contributed by atoms with van der Waals surface area (Å²) in [7, 11) is 0.